The normalized spacial score (nSPS) is 11.0. The van der Waals surface area contributed by atoms with Crippen molar-refractivity contribution in [2.75, 3.05) is 6.26 Å². The summed E-state index contributed by atoms with van der Waals surface area (Å²) >= 11 is 1.41. The van der Waals surface area contributed by atoms with Gasteiger partial charge in [0.25, 0.3) is 0 Å². The van der Waals surface area contributed by atoms with Crippen LogP contribution in [0, 0.1) is 0 Å². The van der Waals surface area contributed by atoms with Crippen LogP contribution in [0.1, 0.15) is 10.4 Å². The summed E-state index contributed by atoms with van der Waals surface area (Å²) in [4.78, 5) is 16.6. The van der Waals surface area contributed by atoms with Crippen molar-refractivity contribution < 1.29 is 13.9 Å². The number of esters is 1. The molecule has 0 bridgehead atoms. The topological polar surface area (TPSA) is 52.3 Å². The SMILES string of the molecule is CSc1ncccc1C(=O)Oc1ccc2oc3ccccc3c2c1. The second-order valence-corrected chi connectivity index (χ2v) is 6.00. The van der Waals surface area contributed by atoms with E-state index >= 15 is 0 Å². The number of ether oxygens (including phenoxy) is 1. The van der Waals surface area contributed by atoms with Crippen LogP contribution in [-0.4, -0.2) is 17.2 Å². The Balaban J connectivity index is 1.71. The van der Waals surface area contributed by atoms with E-state index in [1.807, 2.05) is 42.7 Å². The first-order chi connectivity index (χ1) is 11.8. The molecule has 0 amide bonds. The van der Waals surface area contributed by atoms with Gasteiger partial charge in [0.05, 0.1) is 5.56 Å². The van der Waals surface area contributed by atoms with Crippen LogP contribution in [0.3, 0.4) is 0 Å². The molecule has 0 fully saturated rings. The summed E-state index contributed by atoms with van der Waals surface area (Å²) < 4.78 is 11.3. The highest BCUT2D eigenvalue weighted by atomic mass is 32.2. The first kappa shape index (κ1) is 14.8. The molecule has 24 heavy (non-hydrogen) atoms. The van der Waals surface area contributed by atoms with E-state index in [0.29, 0.717) is 16.3 Å². The zero-order valence-corrected chi connectivity index (χ0v) is 13.7. The van der Waals surface area contributed by atoms with Gasteiger partial charge in [-0.05, 0) is 42.7 Å². The third-order valence-corrected chi connectivity index (χ3v) is 4.46. The quantitative estimate of drug-likeness (QED) is 0.302. The van der Waals surface area contributed by atoms with Gasteiger partial charge in [0.2, 0.25) is 0 Å². The number of pyridine rings is 1. The molecular weight excluding hydrogens is 322 g/mol. The molecule has 0 aliphatic heterocycles. The molecule has 0 saturated heterocycles. The highest BCUT2D eigenvalue weighted by Gasteiger charge is 2.15. The second kappa shape index (κ2) is 6.02. The average molecular weight is 335 g/mol. The molecule has 0 aliphatic rings. The van der Waals surface area contributed by atoms with Crippen LogP contribution >= 0.6 is 11.8 Å². The molecule has 0 unspecified atom stereocenters. The summed E-state index contributed by atoms with van der Waals surface area (Å²) in [5.74, 6) is 0.0644. The van der Waals surface area contributed by atoms with Crippen molar-refractivity contribution >= 4 is 39.7 Å². The number of furan rings is 1. The molecule has 0 radical (unpaired) electrons. The van der Waals surface area contributed by atoms with E-state index in [2.05, 4.69) is 4.98 Å². The standard InChI is InChI=1S/C19H13NO3S/c1-24-18-14(6-4-10-20-18)19(21)22-12-8-9-17-15(11-12)13-5-2-3-7-16(13)23-17/h2-11H,1H3. The van der Waals surface area contributed by atoms with Crippen LogP contribution < -0.4 is 4.74 Å². The molecule has 2 aromatic heterocycles. The van der Waals surface area contributed by atoms with Crippen LogP contribution in [0.4, 0.5) is 0 Å². The molecule has 0 atom stereocenters. The summed E-state index contributed by atoms with van der Waals surface area (Å²) in [7, 11) is 0. The van der Waals surface area contributed by atoms with Gasteiger partial charge in [0, 0.05) is 17.0 Å². The predicted molar refractivity (Wildman–Crippen MR) is 94.7 cm³/mol. The number of carbonyl (C=O) groups is 1. The molecular formula is C19H13NO3S. The maximum absolute atomic E-state index is 12.4. The Morgan fingerprint density at radius 1 is 1.04 bits per heavy atom. The Bertz CT molecular complexity index is 1050. The van der Waals surface area contributed by atoms with E-state index in [-0.39, 0.29) is 0 Å². The van der Waals surface area contributed by atoms with Crippen LogP contribution in [0.25, 0.3) is 21.9 Å². The molecule has 0 N–H and O–H groups in total. The Morgan fingerprint density at radius 3 is 2.75 bits per heavy atom. The maximum Gasteiger partial charge on any atom is 0.346 e. The van der Waals surface area contributed by atoms with Gasteiger partial charge in [-0.15, -0.1) is 11.8 Å². The predicted octanol–water partition coefficient (Wildman–Crippen LogP) is 4.92. The smallest absolute Gasteiger partial charge is 0.346 e. The van der Waals surface area contributed by atoms with Gasteiger partial charge >= 0.3 is 5.97 Å². The zero-order valence-electron chi connectivity index (χ0n) is 12.9. The molecule has 4 nitrogen and oxygen atoms in total. The van der Waals surface area contributed by atoms with Gasteiger partial charge in [0.15, 0.2) is 0 Å². The van der Waals surface area contributed by atoms with Gasteiger partial charge < -0.3 is 9.15 Å². The first-order valence-electron chi connectivity index (χ1n) is 7.39. The number of fused-ring (bicyclic) bond motifs is 3. The van der Waals surface area contributed by atoms with E-state index in [1.54, 1.807) is 24.4 Å². The second-order valence-electron chi connectivity index (χ2n) is 5.21. The molecule has 4 rings (SSSR count). The number of hydrogen-bond acceptors (Lipinski definition) is 5. The number of rotatable bonds is 3. The van der Waals surface area contributed by atoms with Crippen LogP contribution in [0.15, 0.2) is 70.2 Å². The van der Waals surface area contributed by atoms with Crippen LogP contribution in [-0.2, 0) is 0 Å². The highest BCUT2D eigenvalue weighted by Crippen LogP contribution is 2.31. The van der Waals surface area contributed by atoms with Crippen molar-refractivity contribution in [2.24, 2.45) is 0 Å². The number of para-hydroxylation sites is 1. The number of nitrogens with zero attached hydrogens (tertiary/aromatic N) is 1. The summed E-state index contributed by atoms with van der Waals surface area (Å²) in [6.07, 6.45) is 3.54. The summed E-state index contributed by atoms with van der Waals surface area (Å²) in [6, 6.07) is 16.6. The minimum Gasteiger partial charge on any atom is -0.456 e. The molecule has 2 aromatic carbocycles. The van der Waals surface area contributed by atoms with Gasteiger partial charge in [-0.1, -0.05) is 18.2 Å². The summed E-state index contributed by atoms with van der Waals surface area (Å²) in [5, 5.41) is 2.57. The summed E-state index contributed by atoms with van der Waals surface area (Å²) in [5.41, 5.74) is 2.04. The van der Waals surface area contributed by atoms with Crippen molar-refractivity contribution in [3.05, 3.63) is 66.4 Å². The van der Waals surface area contributed by atoms with E-state index in [1.165, 1.54) is 11.8 Å². The lowest BCUT2D eigenvalue weighted by Gasteiger charge is -2.06. The van der Waals surface area contributed by atoms with Gasteiger partial charge in [-0.3, -0.25) is 0 Å². The first-order valence-corrected chi connectivity index (χ1v) is 8.61. The lowest BCUT2D eigenvalue weighted by Crippen LogP contribution is -2.10. The van der Waals surface area contributed by atoms with Crippen LogP contribution in [0.2, 0.25) is 0 Å². The Hall–Kier alpha value is -2.79. The van der Waals surface area contributed by atoms with Crippen molar-refractivity contribution in [1.29, 1.82) is 0 Å². The minimum absolute atomic E-state index is 0.417. The Morgan fingerprint density at radius 2 is 1.88 bits per heavy atom. The van der Waals surface area contributed by atoms with E-state index in [9.17, 15) is 4.79 Å². The molecule has 118 valence electrons. The molecule has 4 aromatic rings. The number of hydrogen-bond donors (Lipinski definition) is 0. The average Bonchev–Trinajstić information content (AvgIpc) is 2.99. The lowest BCUT2D eigenvalue weighted by molar-refractivity contribution is 0.0730. The highest BCUT2D eigenvalue weighted by molar-refractivity contribution is 7.98. The Labute approximate surface area is 142 Å². The fourth-order valence-electron chi connectivity index (χ4n) is 2.64. The van der Waals surface area contributed by atoms with Crippen molar-refractivity contribution in [1.82, 2.24) is 4.98 Å². The molecule has 0 spiro atoms. The largest absolute Gasteiger partial charge is 0.456 e. The molecule has 0 aliphatic carbocycles. The van der Waals surface area contributed by atoms with Crippen LogP contribution in [0.5, 0.6) is 5.75 Å². The zero-order chi connectivity index (χ0) is 16.5. The summed E-state index contributed by atoms with van der Waals surface area (Å²) in [6.45, 7) is 0. The fraction of sp³-hybridized carbons (Fsp3) is 0.0526. The number of thioether (sulfide) groups is 1. The maximum atomic E-state index is 12.4. The van der Waals surface area contributed by atoms with Gasteiger partial charge in [0.1, 0.15) is 21.9 Å². The minimum atomic E-state index is -0.417. The van der Waals surface area contributed by atoms with Gasteiger partial charge in [-0.2, -0.15) is 0 Å². The van der Waals surface area contributed by atoms with E-state index in [0.717, 1.165) is 21.9 Å². The van der Waals surface area contributed by atoms with E-state index in [4.69, 9.17) is 9.15 Å². The van der Waals surface area contributed by atoms with Crippen molar-refractivity contribution in [3.63, 3.8) is 0 Å². The van der Waals surface area contributed by atoms with Gasteiger partial charge in [-0.25, -0.2) is 9.78 Å². The molecule has 5 heteroatoms. The number of aromatic nitrogens is 1. The monoisotopic (exact) mass is 335 g/mol. The van der Waals surface area contributed by atoms with Crippen molar-refractivity contribution in [2.45, 2.75) is 5.03 Å². The number of benzene rings is 2. The van der Waals surface area contributed by atoms with E-state index < -0.39 is 5.97 Å². The molecule has 0 saturated carbocycles. The lowest BCUT2D eigenvalue weighted by atomic mass is 10.1. The fourth-order valence-corrected chi connectivity index (χ4v) is 3.18. The van der Waals surface area contributed by atoms with Crippen molar-refractivity contribution in [3.8, 4) is 5.75 Å². The number of carbonyl (C=O) groups excluding carboxylic acids is 1. The molecule has 2 heterocycles. The third kappa shape index (κ3) is 2.53. The third-order valence-electron chi connectivity index (χ3n) is 3.74. The Kier molecular flexibility index (Phi) is 3.70.